The van der Waals surface area contributed by atoms with Crippen molar-refractivity contribution in [2.75, 3.05) is 24.3 Å². The Bertz CT molecular complexity index is 650. The summed E-state index contributed by atoms with van der Waals surface area (Å²) in [5, 5.41) is 6.29. The molecule has 1 aliphatic rings. The maximum atomic E-state index is 12.2. The zero-order valence-corrected chi connectivity index (χ0v) is 12.0. The summed E-state index contributed by atoms with van der Waals surface area (Å²) in [5.74, 6) is 0.623. The Morgan fingerprint density at radius 2 is 2.00 bits per heavy atom. The molecule has 0 aliphatic carbocycles. The third-order valence-electron chi connectivity index (χ3n) is 3.66. The molecular weight excluding hydrogens is 264 g/mol. The third kappa shape index (κ3) is 2.99. The zero-order valence-electron chi connectivity index (χ0n) is 12.0. The van der Waals surface area contributed by atoms with E-state index in [0.717, 1.165) is 36.5 Å². The first-order chi connectivity index (χ1) is 10.3. The number of hydrogen-bond acceptors (Lipinski definition) is 3. The smallest absolute Gasteiger partial charge is 0.255 e. The molecule has 0 fully saturated rings. The van der Waals surface area contributed by atoms with E-state index >= 15 is 0 Å². The van der Waals surface area contributed by atoms with Crippen LogP contribution in [-0.4, -0.2) is 19.6 Å². The van der Waals surface area contributed by atoms with Crippen molar-refractivity contribution in [2.45, 2.75) is 12.8 Å². The van der Waals surface area contributed by atoms with Crippen LogP contribution < -0.4 is 15.4 Å². The molecule has 4 heteroatoms. The molecule has 0 saturated carbocycles. The first-order valence-corrected chi connectivity index (χ1v) is 7.08. The summed E-state index contributed by atoms with van der Waals surface area (Å²) in [6.07, 6.45) is 2.25. The summed E-state index contributed by atoms with van der Waals surface area (Å²) in [4.78, 5) is 12.2. The summed E-state index contributed by atoms with van der Waals surface area (Å²) in [6.45, 7) is 0.989. The van der Waals surface area contributed by atoms with E-state index in [1.165, 1.54) is 5.56 Å². The fourth-order valence-corrected chi connectivity index (χ4v) is 2.48. The second-order valence-corrected chi connectivity index (χ2v) is 5.08. The van der Waals surface area contributed by atoms with Gasteiger partial charge in [0.05, 0.1) is 7.11 Å². The van der Waals surface area contributed by atoms with Gasteiger partial charge in [-0.05, 0) is 54.8 Å². The van der Waals surface area contributed by atoms with E-state index in [0.29, 0.717) is 5.56 Å². The quantitative estimate of drug-likeness (QED) is 0.908. The summed E-state index contributed by atoms with van der Waals surface area (Å²) >= 11 is 0. The highest BCUT2D eigenvalue weighted by Gasteiger charge is 2.11. The maximum Gasteiger partial charge on any atom is 0.255 e. The van der Waals surface area contributed by atoms with E-state index in [-0.39, 0.29) is 5.91 Å². The number of aryl methyl sites for hydroxylation is 1. The Morgan fingerprint density at radius 1 is 1.19 bits per heavy atom. The van der Waals surface area contributed by atoms with Crippen LogP contribution in [0.3, 0.4) is 0 Å². The molecule has 0 unspecified atom stereocenters. The van der Waals surface area contributed by atoms with Gasteiger partial charge in [-0.1, -0.05) is 6.07 Å². The fraction of sp³-hybridized carbons (Fsp3) is 0.235. The van der Waals surface area contributed by atoms with Crippen LogP contribution in [0.2, 0.25) is 0 Å². The van der Waals surface area contributed by atoms with Gasteiger partial charge in [0.15, 0.2) is 0 Å². The van der Waals surface area contributed by atoms with Crippen LogP contribution in [0.15, 0.2) is 42.5 Å². The lowest BCUT2D eigenvalue weighted by Gasteiger charge is -2.18. The Hall–Kier alpha value is -2.49. The molecule has 21 heavy (non-hydrogen) atoms. The molecule has 0 atom stereocenters. The number of benzene rings is 2. The van der Waals surface area contributed by atoms with Crippen LogP contribution >= 0.6 is 0 Å². The highest BCUT2D eigenvalue weighted by atomic mass is 16.5. The normalized spacial score (nSPS) is 13.0. The molecule has 0 aromatic heterocycles. The van der Waals surface area contributed by atoms with E-state index in [1.54, 1.807) is 31.4 Å². The zero-order chi connectivity index (χ0) is 14.7. The lowest BCUT2D eigenvalue weighted by molar-refractivity contribution is 0.102. The monoisotopic (exact) mass is 282 g/mol. The number of carbonyl (C=O) groups excluding carboxylic acids is 1. The van der Waals surface area contributed by atoms with Crippen molar-refractivity contribution in [1.82, 2.24) is 0 Å². The maximum absolute atomic E-state index is 12.2. The molecule has 108 valence electrons. The van der Waals surface area contributed by atoms with Crippen LogP contribution in [0.5, 0.6) is 5.75 Å². The number of methoxy groups -OCH3 is 1. The Kier molecular flexibility index (Phi) is 3.77. The minimum absolute atomic E-state index is 0.117. The molecule has 0 radical (unpaired) electrons. The predicted octanol–water partition coefficient (Wildman–Crippen LogP) is 3.31. The van der Waals surface area contributed by atoms with Gasteiger partial charge < -0.3 is 15.4 Å². The molecular formula is C17H18N2O2. The summed E-state index contributed by atoms with van der Waals surface area (Å²) < 4.78 is 5.09. The van der Waals surface area contributed by atoms with E-state index in [4.69, 9.17) is 4.74 Å². The average Bonchev–Trinajstić information content (AvgIpc) is 2.55. The second-order valence-electron chi connectivity index (χ2n) is 5.08. The van der Waals surface area contributed by atoms with Gasteiger partial charge in [-0.25, -0.2) is 0 Å². The predicted molar refractivity (Wildman–Crippen MR) is 84.2 cm³/mol. The van der Waals surface area contributed by atoms with Gasteiger partial charge >= 0.3 is 0 Å². The van der Waals surface area contributed by atoms with Gasteiger partial charge in [0, 0.05) is 23.5 Å². The van der Waals surface area contributed by atoms with Crippen molar-refractivity contribution in [1.29, 1.82) is 0 Å². The average molecular weight is 282 g/mol. The molecule has 2 aromatic carbocycles. The lowest BCUT2D eigenvalue weighted by Crippen LogP contribution is -2.14. The Morgan fingerprint density at radius 3 is 2.76 bits per heavy atom. The highest BCUT2D eigenvalue weighted by Crippen LogP contribution is 2.25. The van der Waals surface area contributed by atoms with Crippen molar-refractivity contribution >= 4 is 17.3 Å². The van der Waals surface area contributed by atoms with Crippen LogP contribution in [0.4, 0.5) is 11.4 Å². The topological polar surface area (TPSA) is 50.4 Å². The molecule has 1 aliphatic heterocycles. The van der Waals surface area contributed by atoms with Gasteiger partial charge in [-0.2, -0.15) is 0 Å². The molecule has 4 nitrogen and oxygen atoms in total. The van der Waals surface area contributed by atoms with Gasteiger partial charge in [-0.3, -0.25) is 4.79 Å². The number of nitrogens with one attached hydrogen (secondary N) is 2. The molecule has 2 aromatic rings. The SMILES string of the molecule is COc1ccc(C(=O)Nc2ccc3c(c2)NCCC3)cc1. The van der Waals surface area contributed by atoms with Crippen LogP contribution in [-0.2, 0) is 6.42 Å². The first-order valence-electron chi connectivity index (χ1n) is 7.08. The molecule has 1 amide bonds. The van der Waals surface area contributed by atoms with E-state index in [9.17, 15) is 4.79 Å². The number of amides is 1. The van der Waals surface area contributed by atoms with E-state index in [1.807, 2.05) is 12.1 Å². The minimum atomic E-state index is -0.117. The van der Waals surface area contributed by atoms with Crippen LogP contribution in [0.1, 0.15) is 22.3 Å². The van der Waals surface area contributed by atoms with Crippen molar-refractivity contribution in [2.24, 2.45) is 0 Å². The number of ether oxygens (including phenoxy) is 1. The molecule has 2 N–H and O–H groups in total. The third-order valence-corrected chi connectivity index (χ3v) is 3.66. The van der Waals surface area contributed by atoms with E-state index in [2.05, 4.69) is 16.7 Å². The number of hydrogen-bond donors (Lipinski definition) is 2. The second kappa shape index (κ2) is 5.87. The van der Waals surface area contributed by atoms with Gasteiger partial charge in [0.1, 0.15) is 5.75 Å². The van der Waals surface area contributed by atoms with Gasteiger partial charge in [-0.15, -0.1) is 0 Å². The molecule has 1 heterocycles. The van der Waals surface area contributed by atoms with Crippen LogP contribution in [0, 0.1) is 0 Å². The van der Waals surface area contributed by atoms with Crippen molar-refractivity contribution in [3.05, 3.63) is 53.6 Å². The van der Waals surface area contributed by atoms with Gasteiger partial charge in [0.2, 0.25) is 0 Å². The largest absolute Gasteiger partial charge is 0.497 e. The van der Waals surface area contributed by atoms with Crippen molar-refractivity contribution in [3.63, 3.8) is 0 Å². The number of anilines is 2. The highest BCUT2D eigenvalue weighted by molar-refractivity contribution is 6.04. The Balaban J connectivity index is 1.74. The molecule has 0 bridgehead atoms. The number of rotatable bonds is 3. The standard InChI is InChI=1S/C17H18N2O2/c1-21-15-8-5-13(6-9-15)17(20)19-14-7-4-12-3-2-10-18-16(12)11-14/h4-9,11,18H,2-3,10H2,1H3,(H,19,20). The summed E-state index contributed by atoms with van der Waals surface area (Å²) in [5.41, 5.74) is 3.85. The fourth-order valence-electron chi connectivity index (χ4n) is 2.48. The summed E-state index contributed by atoms with van der Waals surface area (Å²) in [7, 11) is 1.61. The number of carbonyl (C=O) groups is 1. The molecule has 3 rings (SSSR count). The minimum Gasteiger partial charge on any atom is -0.497 e. The Labute approximate surface area is 124 Å². The number of fused-ring (bicyclic) bond motifs is 1. The van der Waals surface area contributed by atoms with Crippen LogP contribution in [0.25, 0.3) is 0 Å². The molecule has 0 saturated heterocycles. The summed E-state index contributed by atoms with van der Waals surface area (Å²) in [6, 6.07) is 13.1. The van der Waals surface area contributed by atoms with E-state index < -0.39 is 0 Å². The first kappa shape index (κ1) is 13.5. The van der Waals surface area contributed by atoms with Crippen molar-refractivity contribution < 1.29 is 9.53 Å². The lowest BCUT2D eigenvalue weighted by atomic mass is 10.0. The van der Waals surface area contributed by atoms with Crippen molar-refractivity contribution in [3.8, 4) is 5.75 Å². The molecule has 0 spiro atoms. The van der Waals surface area contributed by atoms with Gasteiger partial charge in [0.25, 0.3) is 5.91 Å².